The van der Waals surface area contributed by atoms with Gasteiger partial charge < -0.3 is 9.32 Å². The van der Waals surface area contributed by atoms with Gasteiger partial charge in [0.2, 0.25) is 5.91 Å². The molecule has 1 aromatic heterocycles. The number of carbonyl (C=O) groups excluding carboxylic acids is 1. The highest BCUT2D eigenvalue weighted by Gasteiger charge is 2.14. The van der Waals surface area contributed by atoms with Crippen LogP contribution in [0.25, 0.3) is 11.3 Å². The number of rotatable bonds is 8. The van der Waals surface area contributed by atoms with Crippen LogP contribution in [-0.4, -0.2) is 28.9 Å². The topological polar surface area (TPSA) is 46.3 Å². The van der Waals surface area contributed by atoms with Gasteiger partial charge in [0.25, 0.3) is 0 Å². The van der Waals surface area contributed by atoms with Crippen LogP contribution in [0.15, 0.2) is 54.1 Å². The molecule has 0 saturated carbocycles. The predicted molar refractivity (Wildman–Crippen MR) is 97.3 cm³/mol. The molecule has 0 bridgehead atoms. The summed E-state index contributed by atoms with van der Waals surface area (Å²) < 4.78 is 5.69. The molecule has 0 N–H and O–H groups in total. The van der Waals surface area contributed by atoms with Crippen LogP contribution in [0.2, 0.25) is 10.0 Å². The number of oxazole rings is 1. The molecular formula is C18H18Cl2N2O2. The average molecular weight is 365 g/mol. The molecule has 0 aliphatic heterocycles. The lowest BCUT2D eigenvalue weighted by atomic mass is 10.2. The summed E-state index contributed by atoms with van der Waals surface area (Å²) in [5.74, 6) is 1.04. The fraction of sp³-hybridized carbons (Fsp3) is 0.222. The second-order valence-corrected chi connectivity index (χ2v) is 5.96. The highest BCUT2D eigenvalue weighted by Crippen LogP contribution is 2.30. The molecule has 0 saturated heterocycles. The molecule has 0 atom stereocenters. The summed E-state index contributed by atoms with van der Waals surface area (Å²) >= 11 is 12.0. The molecule has 1 heterocycles. The zero-order chi connectivity index (χ0) is 17.5. The van der Waals surface area contributed by atoms with Gasteiger partial charge in [-0.25, -0.2) is 4.98 Å². The molecule has 0 fully saturated rings. The smallest absolute Gasteiger partial charge is 0.223 e. The lowest BCUT2D eigenvalue weighted by molar-refractivity contribution is -0.130. The number of halogens is 2. The van der Waals surface area contributed by atoms with E-state index in [1.807, 2.05) is 0 Å². The summed E-state index contributed by atoms with van der Waals surface area (Å²) in [6.45, 7) is 8.28. The Labute approximate surface area is 151 Å². The van der Waals surface area contributed by atoms with Crippen molar-refractivity contribution in [1.82, 2.24) is 9.88 Å². The maximum Gasteiger partial charge on any atom is 0.223 e. The normalized spacial score (nSPS) is 10.4. The van der Waals surface area contributed by atoms with Crippen molar-refractivity contribution in [1.29, 1.82) is 0 Å². The number of hydrogen-bond acceptors (Lipinski definition) is 3. The number of carbonyl (C=O) groups is 1. The van der Waals surface area contributed by atoms with Crippen LogP contribution in [-0.2, 0) is 11.2 Å². The van der Waals surface area contributed by atoms with Crippen molar-refractivity contribution in [2.24, 2.45) is 0 Å². The molecule has 0 unspecified atom stereocenters. The Bertz CT molecular complexity index is 730. The van der Waals surface area contributed by atoms with Crippen LogP contribution >= 0.6 is 23.2 Å². The molecule has 0 aliphatic carbocycles. The Hall–Kier alpha value is -2.04. The van der Waals surface area contributed by atoms with Gasteiger partial charge in [0.1, 0.15) is 0 Å². The third kappa shape index (κ3) is 4.73. The average Bonchev–Trinajstić information content (AvgIpc) is 3.01. The van der Waals surface area contributed by atoms with Gasteiger partial charge in [-0.3, -0.25) is 4.79 Å². The number of benzene rings is 1. The molecule has 2 aromatic rings. The second-order valence-electron chi connectivity index (χ2n) is 5.12. The van der Waals surface area contributed by atoms with Crippen molar-refractivity contribution in [3.63, 3.8) is 0 Å². The Morgan fingerprint density at radius 3 is 2.58 bits per heavy atom. The Kier molecular flexibility index (Phi) is 6.64. The summed E-state index contributed by atoms with van der Waals surface area (Å²) in [7, 11) is 0. The van der Waals surface area contributed by atoms with Crippen LogP contribution in [0.3, 0.4) is 0 Å². The molecule has 6 heteroatoms. The van der Waals surface area contributed by atoms with E-state index in [4.69, 9.17) is 27.6 Å². The van der Waals surface area contributed by atoms with Crippen LogP contribution in [0.5, 0.6) is 0 Å². The molecule has 0 spiro atoms. The first kappa shape index (κ1) is 18.3. The number of aromatic nitrogens is 1. The third-order valence-electron chi connectivity index (χ3n) is 3.35. The van der Waals surface area contributed by atoms with Crippen LogP contribution in [0, 0.1) is 0 Å². The third-order valence-corrected chi connectivity index (χ3v) is 3.90. The van der Waals surface area contributed by atoms with Crippen LogP contribution in [0.1, 0.15) is 12.3 Å². The van der Waals surface area contributed by atoms with Crippen molar-refractivity contribution in [2.75, 3.05) is 13.1 Å². The summed E-state index contributed by atoms with van der Waals surface area (Å²) in [6.07, 6.45) is 5.69. The first-order valence-corrected chi connectivity index (χ1v) is 8.20. The predicted octanol–water partition coefficient (Wildman–Crippen LogP) is 4.78. The fourth-order valence-electron chi connectivity index (χ4n) is 2.20. The van der Waals surface area contributed by atoms with Gasteiger partial charge in [0, 0.05) is 36.5 Å². The first-order chi connectivity index (χ1) is 11.5. The Morgan fingerprint density at radius 1 is 1.25 bits per heavy atom. The lowest BCUT2D eigenvalue weighted by Crippen LogP contribution is -2.31. The summed E-state index contributed by atoms with van der Waals surface area (Å²) in [6, 6.07) is 5.15. The van der Waals surface area contributed by atoms with E-state index in [-0.39, 0.29) is 5.91 Å². The molecule has 0 aliphatic rings. The maximum atomic E-state index is 12.2. The molecule has 1 aromatic carbocycles. The highest BCUT2D eigenvalue weighted by molar-refractivity contribution is 6.36. The fourth-order valence-corrected chi connectivity index (χ4v) is 2.70. The SMILES string of the molecule is C=CCN(CC=C)C(=O)CCc1ncc(-c2ccc(Cl)cc2Cl)o1. The zero-order valence-electron chi connectivity index (χ0n) is 13.2. The molecule has 2 rings (SSSR count). The largest absolute Gasteiger partial charge is 0.441 e. The quantitative estimate of drug-likeness (QED) is 0.633. The van der Waals surface area contributed by atoms with Gasteiger partial charge in [-0.2, -0.15) is 0 Å². The molecule has 0 radical (unpaired) electrons. The van der Waals surface area contributed by atoms with Crippen molar-refractivity contribution in [3.05, 3.63) is 65.6 Å². The van der Waals surface area contributed by atoms with E-state index in [1.54, 1.807) is 41.4 Å². The first-order valence-electron chi connectivity index (χ1n) is 7.45. The van der Waals surface area contributed by atoms with Crippen LogP contribution in [0.4, 0.5) is 0 Å². The van der Waals surface area contributed by atoms with E-state index >= 15 is 0 Å². The van der Waals surface area contributed by atoms with E-state index in [1.165, 1.54) is 0 Å². The molecule has 1 amide bonds. The molecule has 24 heavy (non-hydrogen) atoms. The molecule has 126 valence electrons. The summed E-state index contributed by atoms with van der Waals surface area (Å²) in [5.41, 5.74) is 0.714. The van der Waals surface area contributed by atoms with E-state index in [9.17, 15) is 4.79 Å². The molecule has 4 nitrogen and oxygen atoms in total. The van der Waals surface area contributed by atoms with Crippen molar-refractivity contribution in [2.45, 2.75) is 12.8 Å². The Balaban J connectivity index is 2.02. The van der Waals surface area contributed by atoms with E-state index in [0.29, 0.717) is 53.2 Å². The van der Waals surface area contributed by atoms with Crippen LogP contribution < -0.4 is 0 Å². The van der Waals surface area contributed by atoms with E-state index < -0.39 is 0 Å². The summed E-state index contributed by atoms with van der Waals surface area (Å²) in [4.78, 5) is 18.1. The van der Waals surface area contributed by atoms with E-state index in [0.717, 1.165) is 0 Å². The lowest BCUT2D eigenvalue weighted by Gasteiger charge is -2.18. The number of hydrogen-bond donors (Lipinski definition) is 0. The van der Waals surface area contributed by atoms with Gasteiger partial charge in [0.05, 0.1) is 11.2 Å². The minimum absolute atomic E-state index is 0.000856. The minimum atomic E-state index is -0.000856. The zero-order valence-corrected chi connectivity index (χ0v) is 14.7. The Morgan fingerprint density at radius 2 is 1.96 bits per heavy atom. The van der Waals surface area contributed by atoms with Gasteiger partial charge in [0.15, 0.2) is 11.7 Å². The van der Waals surface area contributed by atoms with Crippen molar-refractivity contribution in [3.8, 4) is 11.3 Å². The van der Waals surface area contributed by atoms with Gasteiger partial charge in [-0.05, 0) is 18.2 Å². The van der Waals surface area contributed by atoms with E-state index in [2.05, 4.69) is 18.1 Å². The maximum absolute atomic E-state index is 12.2. The van der Waals surface area contributed by atoms with Gasteiger partial charge in [-0.15, -0.1) is 13.2 Å². The van der Waals surface area contributed by atoms with Crippen molar-refractivity contribution >= 4 is 29.1 Å². The highest BCUT2D eigenvalue weighted by atomic mass is 35.5. The summed E-state index contributed by atoms with van der Waals surface area (Å²) in [5, 5.41) is 1.04. The number of nitrogens with zero attached hydrogens (tertiary/aromatic N) is 2. The van der Waals surface area contributed by atoms with Gasteiger partial charge in [-0.1, -0.05) is 35.4 Å². The van der Waals surface area contributed by atoms with Gasteiger partial charge >= 0.3 is 0 Å². The standard InChI is InChI=1S/C18H18Cl2N2O2/c1-3-9-22(10-4-2)18(23)8-7-17-21-12-16(24-17)14-6-5-13(19)11-15(14)20/h3-6,11-12H,1-2,7-10H2. The number of aryl methyl sites for hydroxylation is 1. The van der Waals surface area contributed by atoms with Crippen molar-refractivity contribution < 1.29 is 9.21 Å². The molecular weight excluding hydrogens is 347 g/mol. The number of amides is 1. The second kappa shape index (κ2) is 8.71. The minimum Gasteiger partial charge on any atom is -0.441 e. The monoisotopic (exact) mass is 364 g/mol.